The molecule has 0 aliphatic carbocycles. The van der Waals surface area contributed by atoms with Gasteiger partial charge in [-0.15, -0.1) is 0 Å². The van der Waals surface area contributed by atoms with E-state index in [0.29, 0.717) is 5.57 Å². The maximum atomic E-state index is 13.0. The SMILES string of the molecule is CC1=NN(c2ccccc2)C(=O)/C1=C/c1cc(C)n(-c2c(C)cccc2C)c1C. The number of rotatable bonds is 3. The Morgan fingerprint density at radius 3 is 2.17 bits per heavy atom. The number of amides is 1. The van der Waals surface area contributed by atoms with Gasteiger partial charge < -0.3 is 4.57 Å². The van der Waals surface area contributed by atoms with Crippen molar-refractivity contribution in [3.63, 3.8) is 0 Å². The van der Waals surface area contributed by atoms with Crippen LogP contribution < -0.4 is 5.01 Å². The molecule has 1 aliphatic rings. The summed E-state index contributed by atoms with van der Waals surface area (Å²) in [6.45, 7) is 10.4. The van der Waals surface area contributed by atoms with Gasteiger partial charge in [-0.1, -0.05) is 36.4 Å². The maximum Gasteiger partial charge on any atom is 0.280 e. The summed E-state index contributed by atoms with van der Waals surface area (Å²) in [6.07, 6.45) is 1.97. The van der Waals surface area contributed by atoms with Gasteiger partial charge in [0.1, 0.15) is 0 Å². The van der Waals surface area contributed by atoms with Gasteiger partial charge in [0.25, 0.3) is 5.91 Å². The third-order valence-electron chi connectivity index (χ3n) is 5.50. The van der Waals surface area contributed by atoms with Gasteiger partial charge in [-0.3, -0.25) is 4.79 Å². The highest BCUT2D eigenvalue weighted by atomic mass is 16.2. The number of anilines is 1. The second kappa shape index (κ2) is 7.21. The highest BCUT2D eigenvalue weighted by molar-refractivity contribution is 6.32. The summed E-state index contributed by atoms with van der Waals surface area (Å²) in [4.78, 5) is 13.0. The number of para-hydroxylation sites is 2. The number of carbonyl (C=O) groups is 1. The molecule has 0 atom stereocenters. The molecular weight excluding hydrogens is 358 g/mol. The van der Waals surface area contributed by atoms with Crippen LogP contribution in [-0.2, 0) is 4.79 Å². The fourth-order valence-corrected chi connectivity index (χ4v) is 4.02. The summed E-state index contributed by atoms with van der Waals surface area (Å²) >= 11 is 0. The van der Waals surface area contributed by atoms with Crippen molar-refractivity contribution in [3.8, 4) is 5.69 Å². The van der Waals surface area contributed by atoms with Gasteiger partial charge >= 0.3 is 0 Å². The number of hydrogen-bond donors (Lipinski definition) is 0. The van der Waals surface area contributed by atoms with Crippen molar-refractivity contribution in [2.24, 2.45) is 5.10 Å². The van der Waals surface area contributed by atoms with E-state index < -0.39 is 0 Å². The van der Waals surface area contributed by atoms with E-state index in [1.165, 1.54) is 21.8 Å². The molecule has 0 bridgehead atoms. The van der Waals surface area contributed by atoms with Crippen molar-refractivity contribution in [1.29, 1.82) is 0 Å². The minimum absolute atomic E-state index is 0.0921. The molecule has 0 spiro atoms. The van der Waals surface area contributed by atoms with Crippen LogP contribution in [0.25, 0.3) is 11.8 Å². The quantitative estimate of drug-likeness (QED) is 0.549. The van der Waals surface area contributed by atoms with E-state index in [9.17, 15) is 4.79 Å². The summed E-state index contributed by atoms with van der Waals surface area (Å²) in [7, 11) is 0. The van der Waals surface area contributed by atoms with Gasteiger partial charge in [0.2, 0.25) is 0 Å². The molecule has 1 aromatic heterocycles. The molecule has 0 N–H and O–H groups in total. The van der Waals surface area contributed by atoms with Crippen molar-refractivity contribution < 1.29 is 4.79 Å². The molecule has 2 aromatic carbocycles. The van der Waals surface area contributed by atoms with E-state index in [1.54, 1.807) is 0 Å². The van der Waals surface area contributed by atoms with Crippen LogP contribution >= 0.6 is 0 Å². The first-order chi connectivity index (χ1) is 13.9. The maximum absolute atomic E-state index is 13.0. The summed E-state index contributed by atoms with van der Waals surface area (Å²) in [5, 5.41) is 5.97. The molecule has 146 valence electrons. The molecule has 1 amide bonds. The molecule has 0 fully saturated rings. The van der Waals surface area contributed by atoms with E-state index in [2.05, 4.69) is 61.6 Å². The van der Waals surface area contributed by atoms with Crippen molar-refractivity contribution >= 4 is 23.4 Å². The van der Waals surface area contributed by atoms with Gasteiger partial charge in [0.05, 0.1) is 22.7 Å². The lowest BCUT2D eigenvalue weighted by Gasteiger charge is -2.15. The molecule has 0 saturated carbocycles. The predicted molar refractivity (Wildman–Crippen MR) is 120 cm³/mol. The summed E-state index contributed by atoms with van der Waals surface area (Å²) in [5.74, 6) is -0.0921. The highest BCUT2D eigenvalue weighted by Crippen LogP contribution is 2.29. The first-order valence-corrected chi connectivity index (χ1v) is 9.81. The molecule has 0 saturated heterocycles. The van der Waals surface area contributed by atoms with E-state index in [4.69, 9.17) is 0 Å². The first kappa shape index (κ1) is 18.9. The van der Waals surface area contributed by atoms with Crippen molar-refractivity contribution in [2.75, 3.05) is 5.01 Å². The molecule has 4 rings (SSSR count). The van der Waals surface area contributed by atoms with Crippen LogP contribution in [0.4, 0.5) is 5.69 Å². The highest BCUT2D eigenvalue weighted by Gasteiger charge is 2.29. The number of hydrogen-bond acceptors (Lipinski definition) is 2. The average molecular weight is 383 g/mol. The Balaban J connectivity index is 1.77. The summed E-state index contributed by atoms with van der Waals surface area (Å²) in [5.41, 5.74) is 9.12. The van der Waals surface area contributed by atoms with E-state index >= 15 is 0 Å². The monoisotopic (exact) mass is 383 g/mol. The molecule has 3 aromatic rings. The predicted octanol–water partition coefficient (Wildman–Crippen LogP) is 5.52. The molecule has 4 heteroatoms. The molecule has 4 nitrogen and oxygen atoms in total. The Morgan fingerprint density at radius 1 is 0.862 bits per heavy atom. The van der Waals surface area contributed by atoms with Crippen molar-refractivity contribution in [2.45, 2.75) is 34.6 Å². The molecule has 1 aliphatic heterocycles. The average Bonchev–Trinajstić information content (AvgIpc) is 3.13. The van der Waals surface area contributed by atoms with E-state index in [1.807, 2.05) is 43.3 Å². The van der Waals surface area contributed by atoms with E-state index in [-0.39, 0.29) is 5.91 Å². The van der Waals surface area contributed by atoms with Crippen LogP contribution in [-0.4, -0.2) is 16.2 Å². The van der Waals surface area contributed by atoms with Crippen molar-refractivity contribution in [1.82, 2.24) is 4.57 Å². The third kappa shape index (κ3) is 3.21. The fraction of sp³-hybridized carbons (Fsp3) is 0.200. The summed E-state index contributed by atoms with van der Waals surface area (Å²) in [6, 6.07) is 18.0. The zero-order valence-electron chi connectivity index (χ0n) is 17.5. The molecule has 2 heterocycles. The van der Waals surface area contributed by atoms with E-state index in [0.717, 1.165) is 28.4 Å². The zero-order chi connectivity index (χ0) is 20.7. The smallest absolute Gasteiger partial charge is 0.280 e. The van der Waals surface area contributed by atoms with Gasteiger partial charge in [-0.25, -0.2) is 0 Å². The lowest BCUT2D eigenvalue weighted by atomic mass is 10.1. The van der Waals surface area contributed by atoms with Crippen LogP contribution in [0.5, 0.6) is 0 Å². The number of nitrogens with zero attached hydrogens (tertiary/aromatic N) is 3. The first-order valence-electron chi connectivity index (χ1n) is 9.81. The van der Waals surface area contributed by atoms with Crippen LogP contribution in [0, 0.1) is 27.7 Å². The minimum atomic E-state index is -0.0921. The molecule has 29 heavy (non-hydrogen) atoms. The van der Waals surface area contributed by atoms with Gasteiger partial charge in [0.15, 0.2) is 0 Å². The van der Waals surface area contributed by atoms with Crippen LogP contribution in [0.1, 0.15) is 35.0 Å². The molecule has 0 radical (unpaired) electrons. The lowest BCUT2D eigenvalue weighted by Crippen LogP contribution is -2.21. The molecular formula is C25H25N3O. The Bertz CT molecular complexity index is 1150. The Morgan fingerprint density at radius 2 is 1.52 bits per heavy atom. The van der Waals surface area contributed by atoms with Crippen LogP contribution in [0.3, 0.4) is 0 Å². The fourth-order valence-electron chi connectivity index (χ4n) is 4.02. The number of carbonyl (C=O) groups excluding carboxylic acids is 1. The Labute approximate surface area is 171 Å². The van der Waals surface area contributed by atoms with Gasteiger partial charge in [-0.2, -0.15) is 10.1 Å². The standard InChI is InChI=1S/C25H25N3O/c1-16-10-9-11-17(2)24(16)27-18(3)14-21(20(27)5)15-23-19(4)26-28(25(23)29)22-12-7-6-8-13-22/h6-15H,1-5H3/b23-15+. The summed E-state index contributed by atoms with van der Waals surface area (Å²) < 4.78 is 2.28. The normalized spacial score (nSPS) is 15.3. The number of benzene rings is 2. The Kier molecular flexibility index (Phi) is 4.71. The van der Waals surface area contributed by atoms with Gasteiger partial charge in [-0.05, 0) is 75.6 Å². The number of hydrazone groups is 1. The second-order valence-corrected chi connectivity index (χ2v) is 7.60. The van der Waals surface area contributed by atoms with Crippen LogP contribution in [0.2, 0.25) is 0 Å². The Hall–Kier alpha value is -3.40. The number of aromatic nitrogens is 1. The topological polar surface area (TPSA) is 37.6 Å². The zero-order valence-corrected chi connectivity index (χ0v) is 17.5. The number of aryl methyl sites for hydroxylation is 3. The lowest BCUT2D eigenvalue weighted by molar-refractivity contribution is -0.114. The third-order valence-corrected chi connectivity index (χ3v) is 5.50. The largest absolute Gasteiger partial charge is 0.317 e. The molecule has 0 unspecified atom stereocenters. The van der Waals surface area contributed by atoms with Crippen LogP contribution in [0.15, 0.2) is 65.3 Å². The second-order valence-electron chi connectivity index (χ2n) is 7.60. The van der Waals surface area contributed by atoms with Gasteiger partial charge in [0, 0.05) is 11.4 Å². The minimum Gasteiger partial charge on any atom is -0.317 e. The van der Waals surface area contributed by atoms with Crippen molar-refractivity contribution in [3.05, 3.63) is 88.2 Å².